The fourth-order valence-electron chi connectivity index (χ4n) is 2.37. The van der Waals surface area contributed by atoms with Crippen LogP contribution in [-0.2, 0) is 9.53 Å². The summed E-state index contributed by atoms with van der Waals surface area (Å²) >= 11 is 0. The molecule has 1 aromatic rings. The van der Waals surface area contributed by atoms with E-state index in [1.54, 1.807) is 12.4 Å². The lowest BCUT2D eigenvalue weighted by Gasteiger charge is -2.46. The highest BCUT2D eigenvalue weighted by Crippen LogP contribution is 2.43. The van der Waals surface area contributed by atoms with E-state index in [-0.39, 0.29) is 19.3 Å². The average Bonchev–Trinajstić information content (AvgIpc) is 2.23. The molecule has 0 amide bonds. The van der Waals surface area contributed by atoms with Gasteiger partial charge < -0.3 is 14.7 Å². The maximum atomic E-state index is 11.5. The molecular weight excluding hydrogens is 220 g/mol. The predicted octanol–water partition coefficient (Wildman–Crippen LogP) is 0.786. The number of nitrogens with zero attached hydrogens (tertiary/aromatic N) is 2. The third-order valence-corrected chi connectivity index (χ3v) is 3.19. The molecule has 1 atom stereocenters. The van der Waals surface area contributed by atoms with Gasteiger partial charge in [-0.05, 0) is 25.7 Å². The van der Waals surface area contributed by atoms with Crippen LogP contribution in [0.25, 0.3) is 0 Å². The van der Waals surface area contributed by atoms with Gasteiger partial charge in [0.15, 0.2) is 0 Å². The van der Waals surface area contributed by atoms with Crippen LogP contribution in [0.3, 0.4) is 0 Å². The molecule has 2 heterocycles. The number of carboxylic acid groups (broad SMARTS) is 1. The van der Waals surface area contributed by atoms with Crippen molar-refractivity contribution in [2.24, 2.45) is 5.41 Å². The molecule has 92 valence electrons. The molecule has 1 aliphatic rings. The molecule has 5 heteroatoms. The average molecular weight is 236 g/mol. The summed E-state index contributed by atoms with van der Waals surface area (Å²) < 4.78 is 5.12. The highest BCUT2D eigenvalue weighted by atomic mass is 16.5. The maximum Gasteiger partial charge on any atom is 0.316 e. The molecule has 0 aromatic carbocycles. The minimum Gasteiger partial charge on any atom is -0.481 e. The standard InChI is InChI=1S/C12H16N2O3/c1-14(2)10(9-4-3-5-13-6-9)12(11(15)16)7-17-8-12/h3-6,10H,7-8H2,1-2H3,(H,15,16). The lowest BCUT2D eigenvalue weighted by molar-refractivity contribution is -0.193. The quantitative estimate of drug-likeness (QED) is 0.837. The summed E-state index contributed by atoms with van der Waals surface area (Å²) in [6.45, 7) is 0.500. The first-order valence-corrected chi connectivity index (χ1v) is 5.45. The Labute approximate surface area is 100 Å². The Bertz CT molecular complexity index is 401. The number of pyridine rings is 1. The van der Waals surface area contributed by atoms with E-state index < -0.39 is 11.4 Å². The largest absolute Gasteiger partial charge is 0.481 e. The van der Waals surface area contributed by atoms with Gasteiger partial charge >= 0.3 is 5.97 Å². The molecule has 0 bridgehead atoms. The molecule has 1 unspecified atom stereocenters. The molecule has 1 saturated heterocycles. The van der Waals surface area contributed by atoms with Crippen molar-refractivity contribution in [3.63, 3.8) is 0 Å². The van der Waals surface area contributed by atoms with Crippen molar-refractivity contribution in [2.75, 3.05) is 27.3 Å². The molecule has 0 saturated carbocycles. The van der Waals surface area contributed by atoms with Gasteiger partial charge in [-0.1, -0.05) is 6.07 Å². The number of ether oxygens (including phenoxy) is 1. The summed E-state index contributed by atoms with van der Waals surface area (Å²) in [4.78, 5) is 17.5. The molecule has 1 aromatic heterocycles. The number of hydrogen-bond donors (Lipinski definition) is 1. The molecule has 1 fully saturated rings. The number of carbonyl (C=O) groups is 1. The third-order valence-electron chi connectivity index (χ3n) is 3.19. The summed E-state index contributed by atoms with van der Waals surface area (Å²) in [7, 11) is 3.75. The van der Waals surface area contributed by atoms with Crippen molar-refractivity contribution in [1.82, 2.24) is 9.88 Å². The molecule has 1 N–H and O–H groups in total. The summed E-state index contributed by atoms with van der Waals surface area (Å²) in [5.74, 6) is -0.814. The van der Waals surface area contributed by atoms with Crippen LogP contribution in [0, 0.1) is 5.41 Å². The van der Waals surface area contributed by atoms with Crippen molar-refractivity contribution >= 4 is 5.97 Å². The molecule has 2 rings (SSSR count). The minimum absolute atomic E-state index is 0.220. The smallest absolute Gasteiger partial charge is 0.316 e. The summed E-state index contributed by atoms with van der Waals surface area (Å²) in [6, 6.07) is 3.50. The van der Waals surface area contributed by atoms with Crippen LogP contribution in [0.2, 0.25) is 0 Å². The second-order valence-corrected chi connectivity index (χ2v) is 4.61. The molecule has 0 aliphatic carbocycles. The van der Waals surface area contributed by atoms with Gasteiger partial charge in [-0.25, -0.2) is 0 Å². The number of hydrogen-bond acceptors (Lipinski definition) is 4. The Morgan fingerprint density at radius 2 is 2.29 bits per heavy atom. The maximum absolute atomic E-state index is 11.5. The van der Waals surface area contributed by atoms with E-state index in [4.69, 9.17) is 4.74 Å². The van der Waals surface area contributed by atoms with Crippen LogP contribution in [0.5, 0.6) is 0 Å². The van der Waals surface area contributed by atoms with Crippen LogP contribution >= 0.6 is 0 Å². The van der Waals surface area contributed by atoms with Crippen molar-refractivity contribution in [3.05, 3.63) is 30.1 Å². The first-order valence-electron chi connectivity index (χ1n) is 5.45. The van der Waals surface area contributed by atoms with Gasteiger partial charge in [0.2, 0.25) is 0 Å². The van der Waals surface area contributed by atoms with Crippen LogP contribution in [0.15, 0.2) is 24.5 Å². The van der Waals surface area contributed by atoms with Crippen molar-refractivity contribution < 1.29 is 14.6 Å². The molecule has 1 aliphatic heterocycles. The lowest BCUT2D eigenvalue weighted by Crippen LogP contribution is -2.56. The SMILES string of the molecule is CN(C)C(c1cccnc1)C1(C(=O)O)COC1. The van der Waals surface area contributed by atoms with Crippen molar-refractivity contribution in [2.45, 2.75) is 6.04 Å². The lowest BCUT2D eigenvalue weighted by atomic mass is 9.75. The van der Waals surface area contributed by atoms with E-state index in [0.717, 1.165) is 5.56 Å². The molecule has 0 spiro atoms. The van der Waals surface area contributed by atoms with E-state index in [2.05, 4.69) is 4.98 Å². The Kier molecular flexibility index (Phi) is 3.13. The fourth-order valence-corrected chi connectivity index (χ4v) is 2.37. The molecule has 0 radical (unpaired) electrons. The normalized spacial score (nSPS) is 19.7. The topological polar surface area (TPSA) is 62.7 Å². The second kappa shape index (κ2) is 4.43. The highest BCUT2D eigenvalue weighted by molar-refractivity contribution is 5.77. The number of carboxylic acids is 1. The summed E-state index contributed by atoms with van der Waals surface area (Å²) in [6.07, 6.45) is 3.40. The first kappa shape index (κ1) is 12.0. The van der Waals surface area contributed by atoms with E-state index in [1.165, 1.54) is 0 Å². The molecule has 17 heavy (non-hydrogen) atoms. The van der Waals surface area contributed by atoms with Crippen LogP contribution < -0.4 is 0 Å². The van der Waals surface area contributed by atoms with Crippen LogP contribution in [0.4, 0.5) is 0 Å². The van der Waals surface area contributed by atoms with Gasteiger partial charge in [0.1, 0.15) is 5.41 Å². The van der Waals surface area contributed by atoms with Crippen molar-refractivity contribution in [3.8, 4) is 0 Å². The second-order valence-electron chi connectivity index (χ2n) is 4.61. The zero-order valence-electron chi connectivity index (χ0n) is 9.96. The summed E-state index contributed by atoms with van der Waals surface area (Å²) in [5, 5.41) is 9.44. The van der Waals surface area contributed by atoms with Gasteiger partial charge in [0.25, 0.3) is 0 Å². The Hall–Kier alpha value is -1.46. The van der Waals surface area contributed by atoms with E-state index in [9.17, 15) is 9.90 Å². The zero-order valence-corrected chi connectivity index (χ0v) is 9.96. The number of aromatic nitrogens is 1. The predicted molar refractivity (Wildman–Crippen MR) is 61.6 cm³/mol. The van der Waals surface area contributed by atoms with Gasteiger partial charge in [0.05, 0.1) is 19.3 Å². The fraction of sp³-hybridized carbons (Fsp3) is 0.500. The number of rotatable bonds is 4. The van der Waals surface area contributed by atoms with Gasteiger partial charge in [-0.2, -0.15) is 0 Å². The van der Waals surface area contributed by atoms with E-state index in [1.807, 2.05) is 31.1 Å². The minimum atomic E-state index is -0.855. The summed E-state index contributed by atoms with van der Waals surface area (Å²) in [5.41, 5.74) is 0.0511. The molecular formula is C12H16N2O3. The van der Waals surface area contributed by atoms with E-state index >= 15 is 0 Å². The number of aliphatic carboxylic acids is 1. The van der Waals surface area contributed by atoms with Crippen molar-refractivity contribution in [1.29, 1.82) is 0 Å². The monoisotopic (exact) mass is 236 g/mol. The highest BCUT2D eigenvalue weighted by Gasteiger charge is 2.54. The Balaban J connectivity index is 2.39. The zero-order chi connectivity index (χ0) is 12.5. The Morgan fingerprint density at radius 3 is 2.65 bits per heavy atom. The van der Waals surface area contributed by atoms with Gasteiger partial charge in [-0.15, -0.1) is 0 Å². The van der Waals surface area contributed by atoms with E-state index in [0.29, 0.717) is 0 Å². The first-order chi connectivity index (χ1) is 8.08. The third kappa shape index (κ3) is 1.92. The van der Waals surface area contributed by atoms with Crippen LogP contribution in [-0.4, -0.2) is 48.3 Å². The molecule has 5 nitrogen and oxygen atoms in total. The van der Waals surface area contributed by atoms with Gasteiger partial charge in [0, 0.05) is 12.4 Å². The Morgan fingerprint density at radius 1 is 1.59 bits per heavy atom. The van der Waals surface area contributed by atoms with Gasteiger partial charge in [-0.3, -0.25) is 9.78 Å². The van der Waals surface area contributed by atoms with Crippen LogP contribution in [0.1, 0.15) is 11.6 Å².